The van der Waals surface area contributed by atoms with Gasteiger partial charge in [-0.3, -0.25) is 0 Å². The molecule has 0 heterocycles. The smallest absolute Gasteiger partial charge is 0.166 e. The number of rotatable bonds is 5. The first-order chi connectivity index (χ1) is 17.5. The average molecular weight is 489 g/mol. The van der Waals surface area contributed by atoms with E-state index in [1.165, 1.54) is 44.6 Å². The van der Waals surface area contributed by atoms with Crippen LogP contribution in [0.5, 0.6) is 0 Å². The lowest BCUT2D eigenvalue weighted by Crippen LogP contribution is -2.25. The van der Waals surface area contributed by atoms with Crippen LogP contribution in [0.1, 0.15) is 69.8 Å². The molecule has 188 valence electrons. The molecule has 0 radical (unpaired) electrons. The Labute approximate surface area is 213 Å². The predicted octanol–water partition coefficient (Wildman–Crippen LogP) is 10.1. The van der Waals surface area contributed by atoms with Gasteiger partial charge in [0.2, 0.25) is 0 Å². The summed E-state index contributed by atoms with van der Waals surface area (Å²) in [5, 5.41) is 0. The molecule has 3 aromatic rings. The van der Waals surface area contributed by atoms with Crippen molar-refractivity contribution in [3.05, 3.63) is 95.8 Å². The van der Waals surface area contributed by atoms with Crippen LogP contribution in [0.25, 0.3) is 22.3 Å². The van der Waals surface area contributed by atoms with Gasteiger partial charge in [-0.05, 0) is 111 Å². The van der Waals surface area contributed by atoms with E-state index in [4.69, 9.17) is 0 Å². The van der Waals surface area contributed by atoms with Gasteiger partial charge in [0.1, 0.15) is 5.82 Å². The van der Waals surface area contributed by atoms with Crippen molar-refractivity contribution < 1.29 is 13.2 Å². The van der Waals surface area contributed by atoms with Crippen LogP contribution in [0, 0.1) is 35.2 Å². The summed E-state index contributed by atoms with van der Waals surface area (Å²) >= 11 is 0. The largest absolute Gasteiger partial charge is 0.206 e. The number of halogens is 3. The number of allylic oxidation sites excluding steroid dienone is 2. The molecule has 0 bridgehead atoms. The minimum Gasteiger partial charge on any atom is -0.206 e. The highest BCUT2D eigenvalue weighted by Gasteiger charge is 2.31. The first kappa shape index (κ1) is 24.9. The first-order valence-electron chi connectivity index (χ1n) is 13.5. The van der Waals surface area contributed by atoms with Crippen LogP contribution in [-0.2, 0) is 0 Å². The molecule has 0 aromatic heterocycles. The molecule has 0 atom stereocenters. The Balaban J connectivity index is 1.22. The van der Waals surface area contributed by atoms with E-state index in [-0.39, 0.29) is 11.4 Å². The van der Waals surface area contributed by atoms with Crippen LogP contribution in [0.4, 0.5) is 13.2 Å². The Kier molecular flexibility index (Phi) is 7.65. The highest BCUT2D eigenvalue weighted by Crippen LogP contribution is 2.44. The Morgan fingerprint density at radius 2 is 1.25 bits per heavy atom. The fourth-order valence-electron chi connectivity index (χ4n) is 6.58. The second-order valence-electron chi connectivity index (χ2n) is 10.7. The van der Waals surface area contributed by atoms with Gasteiger partial charge in [0.05, 0.1) is 0 Å². The van der Waals surface area contributed by atoms with E-state index in [9.17, 15) is 8.78 Å². The molecule has 0 amide bonds. The second kappa shape index (κ2) is 11.1. The molecule has 2 saturated carbocycles. The summed E-state index contributed by atoms with van der Waals surface area (Å²) in [4.78, 5) is 0. The van der Waals surface area contributed by atoms with Crippen molar-refractivity contribution in [2.75, 3.05) is 0 Å². The molecular formula is C33H35F3. The summed E-state index contributed by atoms with van der Waals surface area (Å²) in [6.07, 6.45) is 14.8. The van der Waals surface area contributed by atoms with Crippen LogP contribution in [0.3, 0.4) is 0 Å². The predicted molar refractivity (Wildman–Crippen MR) is 142 cm³/mol. The first-order valence-corrected chi connectivity index (χ1v) is 13.5. The molecule has 0 N–H and O–H groups in total. The summed E-state index contributed by atoms with van der Waals surface area (Å²) in [6, 6.07) is 16.8. The van der Waals surface area contributed by atoms with Gasteiger partial charge in [-0.2, -0.15) is 0 Å². The van der Waals surface area contributed by atoms with Crippen molar-refractivity contribution in [1.29, 1.82) is 0 Å². The molecule has 2 aliphatic carbocycles. The van der Waals surface area contributed by atoms with Crippen molar-refractivity contribution in [1.82, 2.24) is 0 Å². The van der Waals surface area contributed by atoms with Gasteiger partial charge in [-0.25, -0.2) is 13.2 Å². The van der Waals surface area contributed by atoms with Crippen molar-refractivity contribution in [2.45, 2.75) is 64.2 Å². The maximum Gasteiger partial charge on any atom is 0.166 e. The molecule has 36 heavy (non-hydrogen) atoms. The summed E-state index contributed by atoms with van der Waals surface area (Å²) in [6.45, 7) is 2.12. The van der Waals surface area contributed by atoms with E-state index in [1.54, 1.807) is 36.4 Å². The van der Waals surface area contributed by atoms with Crippen molar-refractivity contribution in [3.8, 4) is 22.3 Å². The third-order valence-corrected chi connectivity index (χ3v) is 8.64. The zero-order chi connectivity index (χ0) is 25.1. The number of hydrogen-bond acceptors (Lipinski definition) is 0. The summed E-state index contributed by atoms with van der Waals surface area (Å²) in [5.41, 5.74) is 3.15. The Morgan fingerprint density at radius 3 is 1.86 bits per heavy atom. The van der Waals surface area contributed by atoms with Crippen molar-refractivity contribution in [3.63, 3.8) is 0 Å². The van der Waals surface area contributed by atoms with E-state index < -0.39 is 11.6 Å². The zero-order valence-electron chi connectivity index (χ0n) is 21.0. The van der Waals surface area contributed by atoms with Gasteiger partial charge in [-0.1, -0.05) is 60.7 Å². The molecule has 0 spiro atoms. The van der Waals surface area contributed by atoms with E-state index in [1.807, 2.05) is 6.07 Å². The normalized spacial score (nSPS) is 24.8. The van der Waals surface area contributed by atoms with Gasteiger partial charge in [0.25, 0.3) is 0 Å². The number of hydrogen-bond donors (Lipinski definition) is 0. The van der Waals surface area contributed by atoms with Crippen LogP contribution in [0.2, 0.25) is 0 Å². The molecule has 3 heteroatoms. The summed E-state index contributed by atoms with van der Waals surface area (Å²) < 4.78 is 42.9. The van der Waals surface area contributed by atoms with Gasteiger partial charge in [0.15, 0.2) is 11.6 Å². The fourth-order valence-corrected chi connectivity index (χ4v) is 6.58. The molecule has 2 aliphatic rings. The fraction of sp³-hybridized carbons (Fsp3) is 0.394. The Morgan fingerprint density at radius 1 is 0.639 bits per heavy atom. The molecular weight excluding hydrogens is 453 g/mol. The standard InChI is InChI=1S/C33H35F3/c1-2-4-22-7-9-23(10-8-22)24-11-13-25(14-12-24)28-19-20-29(32(35)21-28)26-15-17-27(18-16-26)30-5-3-6-31(34)33(30)36/h2-6,15-25H,7-14H2,1H3/b4-2+. The van der Waals surface area contributed by atoms with Crippen LogP contribution in [0.15, 0.2) is 72.8 Å². The maximum absolute atomic E-state index is 15.2. The zero-order valence-corrected chi connectivity index (χ0v) is 21.0. The molecule has 0 aliphatic heterocycles. The molecule has 0 saturated heterocycles. The highest BCUT2D eigenvalue weighted by molar-refractivity contribution is 5.71. The van der Waals surface area contributed by atoms with Gasteiger partial charge in [0, 0.05) is 11.1 Å². The van der Waals surface area contributed by atoms with E-state index in [2.05, 4.69) is 25.1 Å². The summed E-state index contributed by atoms with van der Waals surface area (Å²) in [7, 11) is 0. The third kappa shape index (κ3) is 5.31. The lowest BCUT2D eigenvalue weighted by atomic mass is 9.68. The van der Waals surface area contributed by atoms with Crippen molar-refractivity contribution >= 4 is 0 Å². The highest BCUT2D eigenvalue weighted by atomic mass is 19.2. The SMILES string of the molecule is C/C=C/C1CCC(C2CCC(c3ccc(-c4ccc(-c5cccc(F)c5F)cc4)c(F)c3)CC2)CC1. The second-order valence-corrected chi connectivity index (χ2v) is 10.7. The summed E-state index contributed by atoms with van der Waals surface area (Å²) in [5.74, 6) is 0.960. The molecule has 0 nitrogen and oxygen atoms in total. The molecule has 0 unspecified atom stereocenters. The van der Waals surface area contributed by atoms with Gasteiger partial charge in [-0.15, -0.1) is 0 Å². The Bertz CT molecular complexity index is 1190. The minimum atomic E-state index is -0.871. The molecule has 2 fully saturated rings. The van der Waals surface area contributed by atoms with Crippen LogP contribution >= 0.6 is 0 Å². The molecule has 3 aromatic carbocycles. The maximum atomic E-state index is 15.2. The quantitative estimate of drug-likeness (QED) is 0.313. The van der Waals surface area contributed by atoms with E-state index >= 15 is 4.39 Å². The number of benzene rings is 3. The van der Waals surface area contributed by atoms with E-state index in [0.717, 1.165) is 47.8 Å². The van der Waals surface area contributed by atoms with Gasteiger partial charge < -0.3 is 0 Å². The lowest BCUT2D eigenvalue weighted by Gasteiger charge is -2.37. The van der Waals surface area contributed by atoms with E-state index in [0.29, 0.717) is 17.0 Å². The minimum absolute atomic E-state index is 0.207. The topological polar surface area (TPSA) is 0 Å². The average Bonchev–Trinajstić information content (AvgIpc) is 2.91. The van der Waals surface area contributed by atoms with Gasteiger partial charge >= 0.3 is 0 Å². The third-order valence-electron chi connectivity index (χ3n) is 8.64. The lowest BCUT2D eigenvalue weighted by molar-refractivity contribution is 0.171. The van der Waals surface area contributed by atoms with Crippen LogP contribution in [-0.4, -0.2) is 0 Å². The Hall–Kier alpha value is -2.81. The van der Waals surface area contributed by atoms with Crippen LogP contribution < -0.4 is 0 Å². The van der Waals surface area contributed by atoms with Crippen molar-refractivity contribution in [2.24, 2.45) is 17.8 Å². The molecule has 5 rings (SSSR count). The monoisotopic (exact) mass is 488 g/mol.